The van der Waals surface area contributed by atoms with Crippen LogP contribution in [0.3, 0.4) is 0 Å². The number of carbonyl (C=O) groups excluding carboxylic acids is 1. The molecule has 1 atom stereocenters. The first-order chi connectivity index (χ1) is 12.6. The second-order valence-corrected chi connectivity index (χ2v) is 5.64. The van der Waals surface area contributed by atoms with Gasteiger partial charge in [-0.25, -0.2) is 14.5 Å². The molecule has 4 heterocycles. The van der Waals surface area contributed by atoms with E-state index in [1.807, 2.05) is 0 Å². The third-order valence-electron chi connectivity index (χ3n) is 3.86. The van der Waals surface area contributed by atoms with Crippen molar-refractivity contribution < 1.29 is 19.1 Å². The topological polar surface area (TPSA) is 115 Å². The van der Waals surface area contributed by atoms with E-state index in [1.54, 1.807) is 48.3 Å². The van der Waals surface area contributed by atoms with Crippen molar-refractivity contribution in [3.8, 4) is 17.2 Å². The lowest BCUT2D eigenvalue weighted by Crippen LogP contribution is -2.25. The molecule has 0 aromatic carbocycles. The van der Waals surface area contributed by atoms with Gasteiger partial charge in [0.15, 0.2) is 17.2 Å². The number of anilines is 1. The van der Waals surface area contributed by atoms with Gasteiger partial charge in [-0.15, -0.1) is 5.10 Å². The number of aromatic nitrogens is 4. The highest BCUT2D eigenvalue weighted by atomic mass is 16.5. The molecule has 4 aromatic rings. The first kappa shape index (κ1) is 16.0. The van der Waals surface area contributed by atoms with E-state index in [4.69, 9.17) is 9.15 Å². The zero-order valence-corrected chi connectivity index (χ0v) is 14.0. The molecule has 0 saturated carbocycles. The number of rotatable bonds is 4. The molecule has 2 N–H and O–H groups in total. The maximum atomic E-state index is 11.7. The maximum absolute atomic E-state index is 11.7. The van der Waals surface area contributed by atoms with Crippen molar-refractivity contribution in [2.24, 2.45) is 0 Å². The second kappa shape index (κ2) is 6.12. The number of ether oxygens (including phenoxy) is 1. The van der Waals surface area contributed by atoms with Crippen molar-refractivity contribution >= 4 is 28.5 Å². The molecule has 1 amide bonds. The highest BCUT2D eigenvalue weighted by molar-refractivity contribution is 5.92. The van der Waals surface area contributed by atoms with E-state index in [1.165, 1.54) is 6.92 Å². The summed E-state index contributed by atoms with van der Waals surface area (Å²) in [5, 5.41) is 16.9. The zero-order valence-electron chi connectivity index (χ0n) is 14.0. The van der Waals surface area contributed by atoms with Crippen LogP contribution in [-0.4, -0.2) is 43.8 Å². The Morgan fingerprint density at radius 3 is 2.96 bits per heavy atom. The standard InChI is InChI=1S/C17H15N5O4/c1-9(23)16(24)20-14-3-4-15-19-8-11(22(15)21-14)13-7-10-12(25-2)5-6-18-17(10)26-13/h3-9,23H,1-2H3,(H,20,21,24)/t9-/m0/s1. The summed E-state index contributed by atoms with van der Waals surface area (Å²) in [6.07, 6.45) is 2.08. The van der Waals surface area contributed by atoms with Gasteiger partial charge in [-0.1, -0.05) is 0 Å². The third-order valence-corrected chi connectivity index (χ3v) is 3.86. The molecule has 9 heteroatoms. The highest BCUT2D eigenvalue weighted by Crippen LogP contribution is 2.32. The van der Waals surface area contributed by atoms with Gasteiger partial charge >= 0.3 is 0 Å². The summed E-state index contributed by atoms with van der Waals surface area (Å²) in [7, 11) is 1.58. The van der Waals surface area contributed by atoms with Crippen LogP contribution in [-0.2, 0) is 4.79 Å². The van der Waals surface area contributed by atoms with E-state index in [9.17, 15) is 9.90 Å². The van der Waals surface area contributed by atoms with Gasteiger partial charge < -0.3 is 19.6 Å². The Morgan fingerprint density at radius 1 is 1.35 bits per heavy atom. The minimum Gasteiger partial charge on any atom is -0.496 e. The summed E-state index contributed by atoms with van der Waals surface area (Å²) >= 11 is 0. The van der Waals surface area contributed by atoms with E-state index in [0.29, 0.717) is 28.6 Å². The Bertz CT molecular complexity index is 1110. The van der Waals surface area contributed by atoms with Gasteiger partial charge in [0.1, 0.15) is 17.5 Å². The van der Waals surface area contributed by atoms with Gasteiger partial charge in [0.2, 0.25) is 5.71 Å². The molecule has 4 rings (SSSR count). The number of carbonyl (C=O) groups is 1. The summed E-state index contributed by atoms with van der Waals surface area (Å²) in [6.45, 7) is 1.38. The zero-order chi connectivity index (χ0) is 18.3. The number of aliphatic hydroxyl groups excluding tert-OH is 1. The van der Waals surface area contributed by atoms with E-state index in [2.05, 4.69) is 20.4 Å². The van der Waals surface area contributed by atoms with Crippen molar-refractivity contribution in [1.29, 1.82) is 0 Å². The predicted molar refractivity (Wildman–Crippen MR) is 92.9 cm³/mol. The van der Waals surface area contributed by atoms with Crippen LogP contribution in [0, 0.1) is 0 Å². The average molecular weight is 353 g/mol. The Kier molecular flexibility index (Phi) is 3.77. The number of hydrogen-bond donors (Lipinski definition) is 2. The van der Waals surface area contributed by atoms with E-state index in [-0.39, 0.29) is 5.82 Å². The van der Waals surface area contributed by atoms with Gasteiger partial charge in [-0.3, -0.25) is 4.79 Å². The molecule has 0 unspecified atom stereocenters. The number of aliphatic hydroxyl groups is 1. The van der Waals surface area contributed by atoms with E-state index >= 15 is 0 Å². The monoisotopic (exact) mass is 353 g/mol. The van der Waals surface area contributed by atoms with Crippen molar-refractivity contribution in [3.05, 3.63) is 36.7 Å². The molecule has 0 saturated heterocycles. The molecule has 9 nitrogen and oxygen atoms in total. The molecule has 0 radical (unpaired) electrons. The van der Waals surface area contributed by atoms with Gasteiger partial charge in [-0.05, 0) is 31.2 Å². The number of nitrogens with zero attached hydrogens (tertiary/aromatic N) is 4. The average Bonchev–Trinajstić information content (AvgIpc) is 3.24. The fourth-order valence-corrected chi connectivity index (χ4v) is 2.56. The van der Waals surface area contributed by atoms with Crippen LogP contribution in [0.15, 0.2) is 41.1 Å². The largest absolute Gasteiger partial charge is 0.496 e. The number of hydrogen-bond acceptors (Lipinski definition) is 7. The lowest BCUT2D eigenvalue weighted by molar-refractivity contribution is -0.123. The summed E-state index contributed by atoms with van der Waals surface area (Å²) in [5.74, 6) is 0.901. The molecule has 0 aliphatic heterocycles. The Labute approximate surface area is 147 Å². The maximum Gasteiger partial charge on any atom is 0.254 e. The Morgan fingerprint density at radius 2 is 2.19 bits per heavy atom. The number of fused-ring (bicyclic) bond motifs is 2. The number of pyridine rings is 1. The van der Waals surface area contributed by atoms with Crippen LogP contribution >= 0.6 is 0 Å². The van der Waals surface area contributed by atoms with Crippen LogP contribution < -0.4 is 10.1 Å². The van der Waals surface area contributed by atoms with Crippen LogP contribution in [0.5, 0.6) is 5.75 Å². The number of furan rings is 1. The van der Waals surface area contributed by atoms with E-state index < -0.39 is 12.0 Å². The van der Waals surface area contributed by atoms with Crippen LogP contribution in [0.4, 0.5) is 5.82 Å². The van der Waals surface area contributed by atoms with Crippen LogP contribution in [0.2, 0.25) is 0 Å². The molecule has 0 fully saturated rings. The van der Waals surface area contributed by atoms with Crippen LogP contribution in [0.25, 0.3) is 28.2 Å². The molecule has 0 bridgehead atoms. The molecular formula is C17H15N5O4. The highest BCUT2D eigenvalue weighted by Gasteiger charge is 2.16. The number of methoxy groups -OCH3 is 1. The van der Waals surface area contributed by atoms with Gasteiger partial charge in [0, 0.05) is 6.20 Å². The van der Waals surface area contributed by atoms with Gasteiger partial charge in [-0.2, -0.15) is 0 Å². The summed E-state index contributed by atoms with van der Waals surface area (Å²) in [6, 6.07) is 6.86. The van der Waals surface area contributed by atoms with Crippen molar-refractivity contribution in [3.63, 3.8) is 0 Å². The third kappa shape index (κ3) is 2.64. The summed E-state index contributed by atoms with van der Waals surface area (Å²) in [4.78, 5) is 20.1. The number of nitrogens with one attached hydrogen (secondary N) is 1. The molecule has 26 heavy (non-hydrogen) atoms. The smallest absolute Gasteiger partial charge is 0.254 e. The quantitative estimate of drug-likeness (QED) is 0.575. The second-order valence-electron chi connectivity index (χ2n) is 5.64. The van der Waals surface area contributed by atoms with Crippen LogP contribution in [0.1, 0.15) is 6.92 Å². The van der Waals surface area contributed by atoms with Gasteiger partial charge in [0.05, 0.1) is 18.7 Å². The predicted octanol–water partition coefficient (Wildman–Crippen LogP) is 1.87. The lowest BCUT2D eigenvalue weighted by Gasteiger charge is -2.06. The molecule has 0 aliphatic carbocycles. The minimum atomic E-state index is -1.14. The Balaban J connectivity index is 1.80. The molecule has 0 spiro atoms. The molecule has 4 aromatic heterocycles. The fourth-order valence-electron chi connectivity index (χ4n) is 2.56. The normalized spacial score (nSPS) is 12.4. The first-order valence-corrected chi connectivity index (χ1v) is 7.83. The summed E-state index contributed by atoms with van der Waals surface area (Å²) < 4.78 is 12.7. The Hall–Kier alpha value is -3.46. The SMILES string of the molecule is COc1ccnc2oc(-c3cnc4ccc(NC(=O)[C@H](C)O)nn34)cc12. The van der Waals surface area contributed by atoms with Crippen molar-refractivity contribution in [2.75, 3.05) is 12.4 Å². The molecular weight excluding hydrogens is 338 g/mol. The number of imidazole rings is 1. The van der Waals surface area contributed by atoms with E-state index in [0.717, 1.165) is 5.39 Å². The fraction of sp³-hybridized carbons (Fsp3) is 0.176. The first-order valence-electron chi connectivity index (χ1n) is 7.83. The molecule has 132 valence electrons. The van der Waals surface area contributed by atoms with Gasteiger partial charge in [0.25, 0.3) is 5.91 Å². The summed E-state index contributed by atoms with van der Waals surface area (Å²) in [5.41, 5.74) is 1.61. The van der Waals surface area contributed by atoms with Crippen molar-refractivity contribution in [1.82, 2.24) is 19.6 Å². The molecule has 0 aliphatic rings. The number of amides is 1. The van der Waals surface area contributed by atoms with Crippen molar-refractivity contribution in [2.45, 2.75) is 13.0 Å². The lowest BCUT2D eigenvalue weighted by atomic mass is 10.2. The minimum absolute atomic E-state index is 0.287.